The first-order valence-electron chi connectivity index (χ1n) is 8.78. The first kappa shape index (κ1) is 17.5. The Labute approximate surface area is 161 Å². The Kier molecular flexibility index (Phi) is 4.85. The van der Waals surface area contributed by atoms with Crippen LogP contribution < -0.4 is 9.47 Å². The lowest BCUT2D eigenvalue weighted by molar-refractivity contribution is -0.131. The van der Waals surface area contributed by atoms with Crippen LogP contribution in [0.3, 0.4) is 0 Å². The number of esters is 2. The molecule has 0 N–H and O–H groups in total. The van der Waals surface area contributed by atoms with Crippen LogP contribution >= 0.6 is 0 Å². The van der Waals surface area contributed by atoms with Crippen LogP contribution in [0.5, 0.6) is 11.5 Å². The number of benzene rings is 4. The van der Waals surface area contributed by atoms with Crippen LogP contribution in [0.4, 0.5) is 0 Å². The molecule has 4 rings (SSSR count). The summed E-state index contributed by atoms with van der Waals surface area (Å²) in [4.78, 5) is 24.2. The van der Waals surface area contributed by atoms with Crippen molar-refractivity contribution < 1.29 is 19.1 Å². The summed E-state index contributed by atoms with van der Waals surface area (Å²) in [6.07, 6.45) is 2.13. The van der Waals surface area contributed by atoms with E-state index in [0.29, 0.717) is 11.5 Å². The summed E-state index contributed by atoms with van der Waals surface area (Å²) in [7, 11) is 0. The molecule has 4 aromatic rings. The van der Waals surface area contributed by atoms with Crippen molar-refractivity contribution >= 4 is 33.5 Å². The summed E-state index contributed by atoms with van der Waals surface area (Å²) in [5.74, 6) is -0.414. The third-order valence-electron chi connectivity index (χ3n) is 4.28. The first-order chi connectivity index (χ1) is 13.7. The molecule has 0 bridgehead atoms. The highest BCUT2D eigenvalue weighted by Gasteiger charge is 2.08. The number of carbonyl (C=O) groups excluding carboxylic acids is 2. The van der Waals surface area contributed by atoms with Crippen LogP contribution in [0, 0.1) is 0 Å². The number of hydrogen-bond acceptors (Lipinski definition) is 4. The molecule has 0 fully saturated rings. The van der Waals surface area contributed by atoms with E-state index in [1.807, 2.05) is 72.8 Å². The third-order valence-corrected chi connectivity index (χ3v) is 4.28. The van der Waals surface area contributed by atoms with E-state index >= 15 is 0 Å². The summed E-state index contributed by atoms with van der Waals surface area (Å²) in [6, 6.07) is 26.1. The van der Waals surface area contributed by atoms with Gasteiger partial charge in [-0.1, -0.05) is 72.8 Å². The highest BCUT2D eigenvalue weighted by Crippen LogP contribution is 2.26. The van der Waals surface area contributed by atoms with Crippen LogP contribution in [0.15, 0.2) is 97.1 Å². The molecule has 0 aliphatic rings. The number of hydrogen-bond donors (Lipinski definition) is 0. The molecule has 0 saturated carbocycles. The number of ether oxygens (including phenoxy) is 2. The normalized spacial score (nSPS) is 11.0. The van der Waals surface area contributed by atoms with Gasteiger partial charge in [0.1, 0.15) is 11.5 Å². The van der Waals surface area contributed by atoms with Gasteiger partial charge >= 0.3 is 11.9 Å². The van der Waals surface area contributed by atoms with Gasteiger partial charge in [-0.25, -0.2) is 9.59 Å². The first-order valence-corrected chi connectivity index (χ1v) is 8.78. The fraction of sp³-hybridized carbons (Fsp3) is 0. The van der Waals surface area contributed by atoms with Crippen LogP contribution in [0.2, 0.25) is 0 Å². The Bertz CT molecular complexity index is 1100. The van der Waals surface area contributed by atoms with Crippen molar-refractivity contribution in [3.8, 4) is 11.5 Å². The number of rotatable bonds is 4. The molecule has 4 heteroatoms. The zero-order valence-electron chi connectivity index (χ0n) is 14.9. The predicted molar refractivity (Wildman–Crippen MR) is 108 cm³/mol. The Morgan fingerprint density at radius 2 is 0.929 bits per heavy atom. The van der Waals surface area contributed by atoms with Gasteiger partial charge in [0.15, 0.2) is 0 Å². The molecule has 0 unspecified atom stereocenters. The topological polar surface area (TPSA) is 52.6 Å². The van der Waals surface area contributed by atoms with Gasteiger partial charge in [-0.2, -0.15) is 0 Å². The maximum atomic E-state index is 12.1. The summed E-state index contributed by atoms with van der Waals surface area (Å²) >= 11 is 0. The lowest BCUT2D eigenvalue weighted by Gasteiger charge is -2.06. The lowest BCUT2D eigenvalue weighted by atomic mass is 10.1. The second-order valence-corrected chi connectivity index (χ2v) is 6.13. The average molecular weight is 368 g/mol. The highest BCUT2D eigenvalue weighted by molar-refractivity contribution is 5.97. The van der Waals surface area contributed by atoms with Crippen molar-refractivity contribution in [1.82, 2.24) is 0 Å². The summed E-state index contributed by atoms with van der Waals surface area (Å²) < 4.78 is 10.7. The molecule has 0 aromatic heterocycles. The maximum absolute atomic E-state index is 12.1. The Morgan fingerprint density at radius 1 is 0.536 bits per heavy atom. The van der Waals surface area contributed by atoms with E-state index in [0.717, 1.165) is 33.7 Å². The fourth-order valence-electron chi connectivity index (χ4n) is 2.99. The molecule has 0 aliphatic heterocycles. The van der Waals surface area contributed by atoms with Crippen LogP contribution in [0.25, 0.3) is 21.5 Å². The monoisotopic (exact) mass is 368 g/mol. The van der Waals surface area contributed by atoms with Gasteiger partial charge in [0.2, 0.25) is 0 Å². The maximum Gasteiger partial charge on any atom is 0.336 e. The fourth-order valence-corrected chi connectivity index (χ4v) is 2.99. The van der Waals surface area contributed by atoms with Gasteiger partial charge in [0, 0.05) is 22.9 Å². The van der Waals surface area contributed by atoms with Crippen molar-refractivity contribution in [2.45, 2.75) is 0 Å². The van der Waals surface area contributed by atoms with Gasteiger partial charge in [-0.3, -0.25) is 0 Å². The van der Waals surface area contributed by atoms with E-state index in [4.69, 9.17) is 9.47 Å². The molecule has 4 aromatic carbocycles. The summed E-state index contributed by atoms with van der Waals surface area (Å²) in [5, 5.41) is 3.58. The SMILES string of the molecule is O=C(/C=C/C(=O)Oc1cccc2ccccc12)Oc1cccc2ccccc12. The van der Waals surface area contributed by atoms with Crippen LogP contribution in [-0.2, 0) is 9.59 Å². The largest absolute Gasteiger partial charge is 0.423 e. The van der Waals surface area contributed by atoms with Crippen LogP contribution in [-0.4, -0.2) is 11.9 Å². The molecule has 0 saturated heterocycles. The van der Waals surface area contributed by atoms with Crippen molar-refractivity contribution in [1.29, 1.82) is 0 Å². The zero-order valence-corrected chi connectivity index (χ0v) is 14.9. The van der Waals surface area contributed by atoms with Crippen molar-refractivity contribution in [3.63, 3.8) is 0 Å². The lowest BCUT2D eigenvalue weighted by Crippen LogP contribution is -2.08. The van der Waals surface area contributed by atoms with Gasteiger partial charge in [-0.05, 0) is 22.9 Å². The Morgan fingerprint density at radius 3 is 1.39 bits per heavy atom. The summed E-state index contributed by atoms with van der Waals surface area (Å²) in [6.45, 7) is 0. The average Bonchev–Trinajstić information content (AvgIpc) is 2.73. The molecule has 0 amide bonds. The molecular formula is C24H16O4. The van der Waals surface area contributed by atoms with Crippen molar-refractivity contribution in [3.05, 3.63) is 97.1 Å². The standard InChI is InChI=1S/C24H16O4/c25-23(27-21-13-5-9-17-7-1-3-11-19(17)21)15-16-24(26)28-22-14-6-10-18-8-2-4-12-20(18)22/h1-16H/b16-15+. The molecule has 136 valence electrons. The minimum absolute atomic E-state index is 0.440. The van der Waals surface area contributed by atoms with Crippen molar-refractivity contribution in [2.75, 3.05) is 0 Å². The molecule has 0 atom stereocenters. The molecule has 4 nitrogen and oxygen atoms in total. The van der Waals surface area contributed by atoms with Gasteiger partial charge < -0.3 is 9.47 Å². The summed E-state index contributed by atoms with van der Waals surface area (Å²) in [5.41, 5.74) is 0. The minimum atomic E-state index is -0.647. The van der Waals surface area contributed by atoms with E-state index in [1.54, 1.807) is 12.1 Å². The van der Waals surface area contributed by atoms with E-state index in [2.05, 4.69) is 0 Å². The predicted octanol–water partition coefficient (Wildman–Crippen LogP) is 5.06. The van der Waals surface area contributed by atoms with Crippen LogP contribution in [0.1, 0.15) is 0 Å². The number of fused-ring (bicyclic) bond motifs is 2. The highest BCUT2D eigenvalue weighted by atomic mass is 16.5. The van der Waals surface area contributed by atoms with E-state index in [-0.39, 0.29) is 0 Å². The van der Waals surface area contributed by atoms with E-state index < -0.39 is 11.9 Å². The van der Waals surface area contributed by atoms with E-state index in [1.165, 1.54) is 0 Å². The molecular weight excluding hydrogens is 352 g/mol. The molecule has 0 heterocycles. The molecule has 0 aliphatic carbocycles. The quantitative estimate of drug-likeness (QED) is 0.287. The molecule has 28 heavy (non-hydrogen) atoms. The molecule has 0 radical (unpaired) electrons. The number of carbonyl (C=O) groups is 2. The Hall–Kier alpha value is -3.92. The minimum Gasteiger partial charge on any atom is -0.423 e. The molecule has 0 spiro atoms. The Balaban J connectivity index is 1.46. The van der Waals surface area contributed by atoms with Gasteiger partial charge in [-0.15, -0.1) is 0 Å². The second kappa shape index (κ2) is 7.76. The zero-order chi connectivity index (χ0) is 19.3. The van der Waals surface area contributed by atoms with Gasteiger partial charge in [0.25, 0.3) is 0 Å². The smallest absolute Gasteiger partial charge is 0.336 e. The second-order valence-electron chi connectivity index (χ2n) is 6.13. The van der Waals surface area contributed by atoms with Gasteiger partial charge in [0.05, 0.1) is 0 Å². The van der Waals surface area contributed by atoms with Crippen molar-refractivity contribution in [2.24, 2.45) is 0 Å². The third kappa shape index (κ3) is 3.76. The van der Waals surface area contributed by atoms with E-state index in [9.17, 15) is 9.59 Å².